The Kier molecular flexibility index (Phi) is 4.17. The van der Waals surface area contributed by atoms with Crippen LogP contribution in [0.2, 0.25) is 0 Å². The minimum atomic E-state index is -1.13. The van der Waals surface area contributed by atoms with Crippen molar-refractivity contribution in [3.05, 3.63) is 0 Å². The number of hydrogen-bond acceptors (Lipinski definition) is 5. The lowest BCUT2D eigenvalue weighted by atomic mass is 9.30. The van der Waals surface area contributed by atoms with Crippen molar-refractivity contribution in [3.63, 3.8) is 0 Å². The summed E-state index contributed by atoms with van der Waals surface area (Å²) in [7, 11) is 1.52. The van der Waals surface area contributed by atoms with E-state index in [4.69, 9.17) is 9.47 Å². The molecule has 6 saturated carbocycles. The Morgan fingerprint density at radius 1 is 1.16 bits per heavy atom. The summed E-state index contributed by atoms with van der Waals surface area (Å²) in [5, 5.41) is 11.7. The SMILES string of the molecule is COC(=O)[C@]1(C)CCC[C@]2(C)[C@H]3C[C@@H]4[C@@H]5[C@H]6C(=O)CC[C@]5(O)O[C@]4(C(C)C)C[C@]63CC[C@H]21. The van der Waals surface area contributed by atoms with Gasteiger partial charge >= 0.3 is 5.97 Å². The third-order valence-corrected chi connectivity index (χ3v) is 12.1. The van der Waals surface area contributed by atoms with E-state index in [1.165, 1.54) is 7.11 Å². The first-order valence-electron chi connectivity index (χ1n) is 13.0. The molecule has 0 aromatic heterocycles. The molecule has 5 nitrogen and oxygen atoms in total. The van der Waals surface area contributed by atoms with E-state index in [9.17, 15) is 14.7 Å². The molecule has 6 aliphatic carbocycles. The molecule has 7 fully saturated rings. The molecule has 0 aromatic carbocycles. The number of carbonyl (C=O) groups excluding carboxylic acids is 2. The maximum Gasteiger partial charge on any atom is 0.311 e. The molecule has 0 radical (unpaired) electrons. The smallest absolute Gasteiger partial charge is 0.311 e. The van der Waals surface area contributed by atoms with Crippen molar-refractivity contribution in [2.45, 2.75) is 96.9 Å². The molecule has 4 bridgehead atoms. The standard InChI is InChI=1S/C27H40O5/c1-15(2)26-14-25-11-8-18-23(3,9-6-10-24(18,4)22(29)31-5)19(25)13-16(26)20-21(25)17(28)7-12-27(20,30)32-26/h15-16,18-21,30H,6-14H2,1-5H3/t16-,18-,19-,20-,21-,23+,24-,25+,26+,27+/m1/s1. The largest absolute Gasteiger partial charge is 0.469 e. The van der Waals surface area contributed by atoms with Gasteiger partial charge in [-0.05, 0) is 80.0 Å². The van der Waals surface area contributed by atoms with Crippen molar-refractivity contribution in [1.82, 2.24) is 0 Å². The summed E-state index contributed by atoms with van der Waals surface area (Å²) in [6.07, 6.45) is 7.81. The summed E-state index contributed by atoms with van der Waals surface area (Å²) >= 11 is 0. The number of carbonyl (C=O) groups is 2. The van der Waals surface area contributed by atoms with Gasteiger partial charge in [-0.3, -0.25) is 9.59 Å². The summed E-state index contributed by atoms with van der Waals surface area (Å²) in [5.74, 6) is 0.286. The third kappa shape index (κ3) is 2.15. The number of esters is 1. The van der Waals surface area contributed by atoms with E-state index in [1.54, 1.807) is 0 Å². The lowest BCUT2D eigenvalue weighted by Crippen LogP contribution is -2.71. The second-order valence-electron chi connectivity index (χ2n) is 13.2. The molecule has 1 aliphatic heterocycles. The minimum Gasteiger partial charge on any atom is -0.469 e. The average Bonchev–Trinajstić information content (AvgIpc) is 2.98. The van der Waals surface area contributed by atoms with Crippen LogP contribution in [0, 0.1) is 51.8 Å². The highest BCUT2D eigenvalue weighted by Gasteiger charge is 2.81. The first kappa shape index (κ1) is 21.6. The van der Waals surface area contributed by atoms with Crippen LogP contribution in [0.25, 0.3) is 0 Å². The second kappa shape index (κ2) is 6.19. The van der Waals surface area contributed by atoms with Crippen LogP contribution in [0.1, 0.15) is 85.5 Å². The molecule has 0 amide bonds. The fourth-order valence-corrected chi connectivity index (χ4v) is 11.1. The average molecular weight is 445 g/mol. The maximum absolute atomic E-state index is 13.6. The van der Waals surface area contributed by atoms with Crippen molar-refractivity contribution in [3.8, 4) is 0 Å². The van der Waals surface area contributed by atoms with Gasteiger partial charge in [0, 0.05) is 24.7 Å². The predicted molar refractivity (Wildman–Crippen MR) is 118 cm³/mol. The third-order valence-electron chi connectivity index (χ3n) is 12.1. The Bertz CT molecular complexity index is 883. The Hall–Kier alpha value is -0.940. The van der Waals surface area contributed by atoms with Crippen LogP contribution in [-0.4, -0.2) is 35.4 Å². The highest BCUT2D eigenvalue weighted by atomic mass is 16.6. The number of rotatable bonds is 2. The molecule has 7 rings (SSSR count). The molecule has 10 atom stereocenters. The number of Topliss-reactive ketones (excluding diaryl/α,β-unsaturated/α-hetero) is 1. The molecule has 1 N–H and O–H groups in total. The van der Waals surface area contributed by atoms with Crippen LogP contribution in [0.5, 0.6) is 0 Å². The molecule has 5 heteroatoms. The highest BCUT2D eigenvalue weighted by molar-refractivity contribution is 5.84. The van der Waals surface area contributed by atoms with E-state index in [2.05, 4.69) is 27.7 Å². The fraction of sp³-hybridized carbons (Fsp3) is 0.926. The lowest BCUT2D eigenvalue weighted by molar-refractivity contribution is -0.258. The fourth-order valence-electron chi connectivity index (χ4n) is 11.1. The summed E-state index contributed by atoms with van der Waals surface area (Å²) in [5.41, 5.74) is -0.847. The Morgan fingerprint density at radius 2 is 1.91 bits per heavy atom. The molecule has 32 heavy (non-hydrogen) atoms. The van der Waals surface area contributed by atoms with Crippen molar-refractivity contribution in [2.24, 2.45) is 51.8 Å². The predicted octanol–water partition coefficient (Wildman–Crippen LogP) is 4.50. The Balaban J connectivity index is 1.50. The molecule has 0 unspecified atom stereocenters. The highest BCUT2D eigenvalue weighted by Crippen LogP contribution is 2.80. The number of methoxy groups -OCH3 is 1. The van der Waals surface area contributed by atoms with E-state index < -0.39 is 11.2 Å². The van der Waals surface area contributed by atoms with Gasteiger partial charge in [-0.1, -0.05) is 27.2 Å². The molecule has 178 valence electrons. The number of ether oxygens (including phenoxy) is 2. The van der Waals surface area contributed by atoms with Crippen LogP contribution in [0.4, 0.5) is 0 Å². The summed E-state index contributed by atoms with van der Waals surface area (Å²) in [4.78, 5) is 26.5. The van der Waals surface area contributed by atoms with Crippen LogP contribution < -0.4 is 0 Å². The topological polar surface area (TPSA) is 72.8 Å². The first-order chi connectivity index (χ1) is 15.0. The first-order valence-corrected chi connectivity index (χ1v) is 13.0. The normalized spacial score (nSPS) is 57.8. The van der Waals surface area contributed by atoms with E-state index in [0.29, 0.717) is 30.5 Å². The van der Waals surface area contributed by atoms with Crippen molar-refractivity contribution in [2.75, 3.05) is 7.11 Å². The van der Waals surface area contributed by atoms with E-state index in [1.807, 2.05) is 0 Å². The molecular weight excluding hydrogens is 404 g/mol. The van der Waals surface area contributed by atoms with Crippen LogP contribution in [0.15, 0.2) is 0 Å². The molecule has 1 heterocycles. The molecule has 7 aliphatic rings. The minimum absolute atomic E-state index is 0.0198. The van der Waals surface area contributed by atoms with Crippen molar-refractivity contribution < 1.29 is 24.2 Å². The van der Waals surface area contributed by atoms with E-state index in [0.717, 1.165) is 44.9 Å². The van der Waals surface area contributed by atoms with Gasteiger partial charge in [0.15, 0.2) is 5.79 Å². The Morgan fingerprint density at radius 3 is 2.59 bits per heavy atom. The van der Waals surface area contributed by atoms with Crippen molar-refractivity contribution in [1.29, 1.82) is 0 Å². The lowest BCUT2D eigenvalue weighted by Gasteiger charge is -2.72. The Labute approximate surface area is 192 Å². The summed E-state index contributed by atoms with van der Waals surface area (Å²) in [6, 6.07) is 0. The number of hydrogen-bond donors (Lipinski definition) is 1. The second-order valence-corrected chi connectivity index (χ2v) is 13.2. The quantitative estimate of drug-likeness (QED) is 0.635. The van der Waals surface area contributed by atoms with Gasteiger partial charge in [-0.2, -0.15) is 0 Å². The van der Waals surface area contributed by atoms with Gasteiger partial charge in [0.2, 0.25) is 0 Å². The van der Waals surface area contributed by atoms with Gasteiger partial charge in [0.25, 0.3) is 0 Å². The zero-order chi connectivity index (χ0) is 22.9. The molecule has 1 spiro atoms. The number of aliphatic hydroxyl groups is 1. The monoisotopic (exact) mass is 444 g/mol. The van der Waals surface area contributed by atoms with Gasteiger partial charge in [-0.15, -0.1) is 0 Å². The number of fused-ring (bicyclic) bond motifs is 1. The summed E-state index contributed by atoms with van der Waals surface area (Å²) < 4.78 is 12.0. The van der Waals surface area contributed by atoms with Crippen LogP contribution >= 0.6 is 0 Å². The van der Waals surface area contributed by atoms with E-state index >= 15 is 0 Å². The van der Waals surface area contributed by atoms with Crippen LogP contribution in [-0.2, 0) is 19.1 Å². The van der Waals surface area contributed by atoms with Gasteiger partial charge in [-0.25, -0.2) is 0 Å². The maximum atomic E-state index is 13.6. The number of ketones is 1. The van der Waals surface area contributed by atoms with Gasteiger partial charge in [0.1, 0.15) is 5.78 Å². The molecule has 1 saturated heterocycles. The van der Waals surface area contributed by atoms with E-state index in [-0.39, 0.29) is 46.1 Å². The van der Waals surface area contributed by atoms with Gasteiger partial charge in [0.05, 0.1) is 18.1 Å². The van der Waals surface area contributed by atoms with Crippen LogP contribution in [0.3, 0.4) is 0 Å². The molecular formula is C27H40O5. The molecule has 0 aromatic rings. The zero-order valence-corrected chi connectivity index (χ0v) is 20.4. The van der Waals surface area contributed by atoms with Gasteiger partial charge < -0.3 is 14.6 Å². The van der Waals surface area contributed by atoms with Crippen molar-refractivity contribution >= 4 is 11.8 Å². The zero-order valence-electron chi connectivity index (χ0n) is 20.4. The summed E-state index contributed by atoms with van der Waals surface area (Å²) in [6.45, 7) is 9.04.